The van der Waals surface area contributed by atoms with Crippen LogP contribution in [0.2, 0.25) is 0 Å². The van der Waals surface area contributed by atoms with E-state index in [1.54, 1.807) is 6.08 Å². The molecule has 0 saturated carbocycles. The highest BCUT2D eigenvalue weighted by Crippen LogP contribution is 2.32. The van der Waals surface area contributed by atoms with Crippen LogP contribution in [0.5, 0.6) is 0 Å². The van der Waals surface area contributed by atoms with Crippen LogP contribution in [0.3, 0.4) is 0 Å². The zero-order valence-corrected chi connectivity index (χ0v) is 10.2. The van der Waals surface area contributed by atoms with Crippen molar-refractivity contribution in [3.05, 3.63) is 23.3 Å². The van der Waals surface area contributed by atoms with E-state index >= 15 is 0 Å². The van der Waals surface area contributed by atoms with Gasteiger partial charge in [0.15, 0.2) is 5.78 Å². The summed E-state index contributed by atoms with van der Waals surface area (Å²) in [6, 6.07) is 0. The van der Waals surface area contributed by atoms with Gasteiger partial charge in [0.2, 0.25) is 0 Å². The lowest BCUT2D eigenvalue weighted by Gasteiger charge is -2.32. The van der Waals surface area contributed by atoms with Gasteiger partial charge in [0.1, 0.15) is 5.60 Å². The fourth-order valence-corrected chi connectivity index (χ4v) is 1.85. The van der Waals surface area contributed by atoms with E-state index in [4.69, 9.17) is 0 Å². The van der Waals surface area contributed by atoms with Crippen LogP contribution in [0.25, 0.3) is 0 Å². The standard InChI is InChI=1S/C13H20O2/c1-8(2)11-6-10(5)7-13(15,9(3)4)12(11)14/h6-9,15H,1-5H3. The van der Waals surface area contributed by atoms with Crippen molar-refractivity contribution in [2.24, 2.45) is 11.8 Å². The number of aliphatic hydroxyl groups is 1. The van der Waals surface area contributed by atoms with Gasteiger partial charge in [-0.25, -0.2) is 0 Å². The Morgan fingerprint density at radius 1 is 1.27 bits per heavy atom. The molecule has 0 fully saturated rings. The second-order valence-electron chi connectivity index (χ2n) is 4.95. The summed E-state index contributed by atoms with van der Waals surface area (Å²) in [7, 11) is 0. The lowest BCUT2D eigenvalue weighted by Crippen LogP contribution is -2.45. The van der Waals surface area contributed by atoms with E-state index < -0.39 is 5.60 Å². The first kappa shape index (κ1) is 12.2. The van der Waals surface area contributed by atoms with Crippen LogP contribution in [-0.4, -0.2) is 16.5 Å². The van der Waals surface area contributed by atoms with Gasteiger partial charge in [0, 0.05) is 5.57 Å². The fourth-order valence-electron chi connectivity index (χ4n) is 1.85. The zero-order chi connectivity index (χ0) is 11.8. The summed E-state index contributed by atoms with van der Waals surface area (Å²) < 4.78 is 0. The van der Waals surface area contributed by atoms with Crippen LogP contribution in [0, 0.1) is 11.8 Å². The van der Waals surface area contributed by atoms with Gasteiger partial charge in [0.05, 0.1) is 0 Å². The molecule has 0 spiro atoms. The summed E-state index contributed by atoms with van der Waals surface area (Å²) in [6.07, 6.45) is 3.55. The zero-order valence-electron chi connectivity index (χ0n) is 10.2. The Balaban J connectivity index is 3.20. The lowest BCUT2D eigenvalue weighted by atomic mass is 9.75. The van der Waals surface area contributed by atoms with Gasteiger partial charge in [-0.1, -0.05) is 39.3 Å². The van der Waals surface area contributed by atoms with Crippen molar-refractivity contribution >= 4 is 5.78 Å². The second-order valence-corrected chi connectivity index (χ2v) is 4.95. The molecule has 2 nitrogen and oxygen atoms in total. The summed E-state index contributed by atoms with van der Waals surface area (Å²) in [6.45, 7) is 9.60. The molecule has 0 aliphatic heterocycles. The maximum absolute atomic E-state index is 12.1. The molecule has 0 aromatic heterocycles. The molecule has 84 valence electrons. The predicted octanol–water partition coefficient (Wildman–Crippen LogP) is 2.48. The highest BCUT2D eigenvalue weighted by Gasteiger charge is 2.41. The smallest absolute Gasteiger partial charge is 0.194 e. The summed E-state index contributed by atoms with van der Waals surface area (Å²) in [5.74, 6) is -0.0769. The number of allylic oxidation sites excluding steroid dienone is 2. The third-order valence-electron chi connectivity index (χ3n) is 2.96. The third-order valence-corrected chi connectivity index (χ3v) is 2.96. The van der Waals surface area contributed by atoms with E-state index in [1.165, 1.54) is 0 Å². The number of ketones is 1. The molecule has 0 saturated heterocycles. The molecule has 0 bridgehead atoms. The van der Waals surface area contributed by atoms with Gasteiger partial charge in [-0.15, -0.1) is 0 Å². The summed E-state index contributed by atoms with van der Waals surface area (Å²) >= 11 is 0. The summed E-state index contributed by atoms with van der Waals surface area (Å²) in [5, 5.41) is 10.3. The van der Waals surface area contributed by atoms with Gasteiger partial charge < -0.3 is 5.11 Å². The quantitative estimate of drug-likeness (QED) is 0.757. The number of hydrogen-bond acceptors (Lipinski definition) is 2. The minimum absolute atomic E-state index is 0.0950. The third kappa shape index (κ3) is 2.05. The predicted molar refractivity (Wildman–Crippen MR) is 61.5 cm³/mol. The molecular weight excluding hydrogens is 188 g/mol. The van der Waals surface area contributed by atoms with E-state index in [1.807, 2.05) is 40.7 Å². The maximum atomic E-state index is 12.1. The van der Waals surface area contributed by atoms with Crippen molar-refractivity contribution in [1.29, 1.82) is 0 Å². The molecule has 15 heavy (non-hydrogen) atoms. The molecule has 1 unspecified atom stereocenters. The van der Waals surface area contributed by atoms with E-state index in [0.29, 0.717) is 0 Å². The van der Waals surface area contributed by atoms with Crippen LogP contribution in [0.15, 0.2) is 23.3 Å². The normalized spacial score (nSPS) is 27.1. The molecule has 0 aromatic carbocycles. The Labute approximate surface area is 91.7 Å². The Kier molecular flexibility index (Phi) is 3.19. The first-order valence-electron chi connectivity index (χ1n) is 5.47. The van der Waals surface area contributed by atoms with Crippen LogP contribution in [0.4, 0.5) is 0 Å². The topological polar surface area (TPSA) is 37.3 Å². The fraction of sp³-hybridized carbons (Fsp3) is 0.615. The van der Waals surface area contributed by atoms with Crippen molar-refractivity contribution in [2.75, 3.05) is 0 Å². The average Bonchev–Trinajstić information content (AvgIpc) is 2.10. The van der Waals surface area contributed by atoms with Gasteiger partial charge in [-0.3, -0.25) is 4.79 Å². The van der Waals surface area contributed by atoms with E-state index in [0.717, 1.165) is 11.1 Å². The van der Waals surface area contributed by atoms with Gasteiger partial charge in [-0.2, -0.15) is 0 Å². The highest BCUT2D eigenvalue weighted by molar-refractivity contribution is 6.05. The summed E-state index contributed by atoms with van der Waals surface area (Å²) in [4.78, 5) is 12.1. The van der Waals surface area contributed by atoms with E-state index in [9.17, 15) is 9.90 Å². The first-order chi connectivity index (χ1) is 6.79. The van der Waals surface area contributed by atoms with Crippen molar-refractivity contribution in [2.45, 2.75) is 40.2 Å². The van der Waals surface area contributed by atoms with Crippen LogP contribution < -0.4 is 0 Å². The molecule has 1 rings (SSSR count). The van der Waals surface area contributed by atoms with Crippen LogP contribution >= 0.6 is 0 Å². The number of rotatable bonds is 2. The van der Waals surface area contributed by atoms with E-state index in [-0.39, 0.29) is 17.6 Å². The SMILES string of the molecule is CC1=CC(O)(C(C)C)C(=O)C(C(C)C)=C1. The first-order valence-corrected chi connectivity index (χ1v) is 5.47. The molecule has 1 aliphatic carbocycles. The molecule has 1 atom stereocenters. The Morgan fingerprint density at radius 2 is 1.80 bits per heavy atom. The van der Waals surface area contributed by atoms with Crippen molar-refractivity contribution in [1.82, 2.24) is 0 Å². The molecular formula is C13H20O2. The average molecular weight is 208 g/mol. The van der Waals surface area contributed by atoms with Gasteiger partial charge in [0.25, 0.3) is 0 Å². The molecule has 0 amide bonds. The van der Waals surface area contributed by atoms with Crippen molar-refractivity contribution in [3.63, 3.8) is 0 Å². The monoisotopic (exact) mass is 208 g/mol. The van der Waals surface area contributed by atoms with Crippen LogP contribution in [0.1, 0.15) is 34.6 Å². The van der Waals surface area contributed by atoms with Crippen molar-refractivity contribution in [3.8, 4) is 0 Å². The lowest BCUT2D eigenvalue weighted by molar-refractivity contribution is -0.133. The molecule has 0 radical (unpaired) electrons. The Hall–Kier alpha value is -0.890. The second kappa shape index (κ2) is 3.93. The van der Waals surface area contributed by atoms with Crippen molar-refractivity contribution < 1.29 is 9.90 Å². The van der Waals surface area contributed by atoms with Gasteiger partial charge >= 0.3 is 0 Å². The van der Waals surface area contributed by atoms with Gasteiger partial charge in [-0.05, 0) is 24.8 Å². The summed E-state index contributed by atoms with van der Waals surface area (Å²) in [5.41, 5.74) is 0.388. The molecule has 1 aliphatic rings. The van der Waals surface area contributed by atoms with Crippen LogP contribution in [-0.2, 0) is 4.79 Å². The van der Waals surface area contributed by atoms with E-state index in [2.05, 4.69) is 0 Å². The Morgan fingerprint density at radius 3 is 2.20 bits per heavy atom. The molecule has 1 N–H and O–H groups in total. The Bertz CT molecular complexity index is 334. The maximum Gasteiger partial charge on any atom is 0.194 e. The number of Topliss-reactive ketones (excluding diaryl/α,β-unsaturated/α-hetero) is 1. The molecule has 0 aromatic rings. The minimum atomic E-state index is -1.31. The number of carbonyl (C=O) groups is 1. The molecule has 0 heterocycles. The molecule has 2 heteroatoms. The number of hydrogen-bond donors (Lipinski definition) is 1. The highest BCUT2D eigenvalue weighted by atomic mass is 16.3. The number of carbonyl (C=O) groups excluding carboxylic acids is 1. The largest absolute Gasteiger partial charge is 0.377 e. The minimum Gasteiger partial charge on any atom is -0.377 e.